The lowest BCUT2D eigenvalue weighted by Gasteiger charge is -2.34. The second-order valence-corrected chi connectivity index (χ2v) is 5.92. The fourth-order valence-corrected chi connectivity index (χ4v) is 2.30. The highest BCUT2D eigenvalue weighted by atomic mass is 16.5. The van der Waals surface area contributed by atoms with E-state index >= 15 is 0 Å². The van der Waals surface area contributed by atoms with E-state index in [1.807, 2.05) is 13.8 Å². The molecule has 0 aliphatic carbocycles. The molecule has 2 atom stereocenters. The Balaban J connectivity index is 2.14. The van der Waals surface area contributed by atoms with E-state index in [9.17, 15) is 9.59 Å². The van der Waals surface area contributed by atoms with Crippen LogP contribution < -0.4 is 10.6 Å². The van der Waals surface area contributed by atoms with Crippen molar-refractivity contribution in [1.82, 2.24) is 10.6 Å². The number of carbonyl (C=O) groups excluding carboxylic acids is 1. The topological polar surface area (TPSA) is 87.7 Å². The van der Waals surface area contributed by atoms with Crippen molar-refractivity contribution in [2.45, 2.75) is 51.5 Å². The molecule has 0 spiro atoms. The zero-order valence-corrected chi connectivity index (χ0v) is 12.4. The number of ether oxygens (including phenoxy) is 1. The molecule has 1 saturated heterocycles. The molecule has 3 N–H and O–H groups in total. The maximum absolute atomic E-state index is 11.8. The van der Waals surface area contributed by atoms with Gasteiger partial charge in [0.1, 0.15) is 0 Å². The van der Waals surface area contributed by atoms with Gasteiger partial charge in [-0.1, -0.05) is 6.92 Å². The highest BCUT2D eigenvalue weighted by Crippen LogP contribution is 2.17. The van der Waals surface area contributed by atoms with Crippen LogP contribution >= 0.6 is 0 Å². The Bertz CT molecular complexity index is 327. The van der Waals surface area contributed by atoms with Crippen LogP contribution in [0, 0.1) is 5.92 Å². The molecule has 1 rings (SSSR count). The average Bonchev–Trinajstić information content (AvgIpc) is 2.36. The standard InChI is InChI=1S/C14H26N2O4/c1-11(4-5-12(17)18)6-8-15-13(19)16-14(2)7-3-9-20-10-14/h11H,3-10H2,1-2H3,(H,17,18)(H2,15,16,19). The summed E-state index contributed by atoms with van der Waals surface area (Å²) in [5.41, 5.74) is -0.280. The molecule has 0 aromatic rings. The monoisotopic (exact) mass is 286 g/mol. The molecule has 6 heteroatoms. The number of hydrogen-bond acceptors (Lipinski definition) is 3. The SMILES string of the molecule is CC(CCNC(=O)NC1(C)CCCOC1)CCC(=O)O. The molecule has 1 aliphatic heterocycles. The number of urea groups is 1. The number of aliphatic carboxylic acids is 1. The Hall–Kier alpha value is -1.30. The van der Waals surface area contributed by atoms with Crippen molar-refractivity contribution in [3.05, 3.63) is 0 Å². The van der Waals surface area contributed by atoms with Crippen LogP contribution in [0.15, 0.2) is 0 Å². The second kappa shape index (κ2) is 8.09. The third-order valence-corrected chi connectivity index (χ3v) is 3.63. The van der Waals surface area contributed by atoms with Gasteiger partial charge in [-0.2, -0.15) is 0 Å². The van der Waals surface area contributed by atoms with Gasteiger partial charge in [0.2, 0.25) is 0 Å². The van der Waals surface area contributed by atoms with E-state index < -0.39 is 5.97 Å². The first kappa shape index (κ1) is 16.8. The second-order valence-electron chi connectivity index (χ2n) is 5.92. The number of rotatable bonds is 7. The molecule has 2 unspecified atom stereocenters. The van der Waals surface area contributed by atoms with Crippen molar-refractivity contribution in [1.29, 1.82) is 0 Å². The third kappa shape index (κ3) is 6.75. The van der Waals surface area contributed by atoms with Gasteiger partial charge in [-0.3, -0.25) is 4.79 Å². The normalized spacial score (nSPS) is 23.9. The van der Waals surface area contributed by atoms with Crippen molar-refractivity contribution in [3.63, 3.8) is 0 Å². The van der Waals surface area contributed by atoms with Crippen LogP contribution in [0.25, 0.3) is 0 Å². The van der Waals surface area contributed by atoms with Gasteiger partial charge in [-0.15, -0.1) is 0 Å². The van der Waals surface area contributed by atoms with Crippen LogP contribution in [-0.2, 0) is 9.53 Å². The van der Waals surface area contributed by atoms with E-state index in [1.165, 1.54) is 0 Å². The minimum absolute atomic E-state index is 0.177. The van der Waals surface area contributed by atoms with E-state index in [0.717, 1.165) is 25.9 Å². The zero-order valence-electron chi connectivity index (χ0n) is 12.4. The highest BCUT2D eigenvalue weighted by Gasteiger charge is 2.29. The lowest BCUT2D eigenvalue weighted by atomic mass is 9.95. The number of carboxylic acids is 1. The summed E-state index contributed by atoms with van der Waals surface area (Å²) in [5.74, 6) is -0.479. The predicted octanol–water partition coefficient (Wildman–Crippen LogP) is 1.75. The van der Waals surface area contributed by atoms with Gasteiger partial charge in [0.05, 0.1) is 12.1 Å². The molecule has 0 radical (unpaired) electrons. The van der Waals surface area contributed by atoms with Crippen LogP contribution in [-0.4, -0.2) is 42.4 Å². The fraction of sp³-hybridized carbons (Fsp3) is 0.857. The van der Waals surface area contributed by atoms with Crippen LogP contribution in [0.5, 0.6) is 0 Å². The predicted molar refractivity (Wildman–Crippen MR) is 75.6 cm³/mol. The maximum atomic E-state index is 11.8. The smallest absolute Gasteiger partial charge is 0.315 e. The first-order chi connectivity index (χ1) is 9.41. The first-order valence-electron chi connectivity index (χ1n) is 7.27. The van der Waals surface area contributed by atoms with Gasteiger partial charge >= 0.3 is 12.0 Å². The molecule has 2 amide bonds. The van der Waals surface area contributed by atoms with Gasteiger partial charge in [-0.25, -0.2) is 4.79 Å². The Morgan fingerprint density at radius 3 is 2.75 bits per heavy atom. The Kier molecular flexibility index (Phi) is 6.78. The summed E-state index contributed by atoms with van der Waals surface area (Å²) in [6.45, 7) is 5.86. The lowest BCUT2D eigenvalue weighted by molar-refractivity contribution is -0.137. The summed E-state index contributed by atoms with van der Waals surface area (Å²) in [7, 11) is 0. The molecule has 116 valence electrons. The molecule has 1 fully saturated rings. The first-order valence-corrected chi connectivity index (χ1v) is 7.27. The molecule has 1 aliphatic rings. The van der Waals surface area contributed by atoms with E-state index in [1.54, 1.807) is 0 Å². The average molecular weight is 286 g/mol. The zero-order chi connectivity index (χ0) is 15.0. The van der Waals surface area contributed by atoms with Gasteiger partial charge in [-0.05, 0) is 38.5 Å². The molecule has 0 aromatic carbocycles. The molecule has 1 heterocycles. The summed E-state index contributed by atoms with van der Waals surface area (Å²) in [6, 6.07) is -0.177. The van der Waals surface area contributed by atoms with Crippen molar-refractivity contribution < 1.29 is 19.4 Å². The summed E-state index contributed by atoms with van der Waals surface area (Å²) in [5, 5.41) is 14.4. The van der Waals surface area contributed by atoms with Crippen LogP contribution in [0.3, 0.4) is 0 Å². The van der Waals surface area contributed by atoms with E-state index in [-0.39, 0.29) is 18.0 Å². The van der Waals surface area contributed by atoms with Crippen molar-refractivity contribution in [2.24, 2.45) is 5.92 Å². The van der Waals surface area contributed by atoms with Crippen LogP contribution in [0.2, 0.25) is 0 Å². The Morgan fingerprint density at radius 2 is 2.15 bits per heavy atom. The molecule has 0 aromatic heterocycles. The molecule has 20 heavy (non-hydrogen) atoms. The van der Waals surface area contributed by atoms with Crippen molar-refractivity contribution in [3.8, 4) is 0 Å². The van der Waals surface area contributed by atoms with Gasteiger partial charge in [0.15, 0.2) is 0 Å². The molecular formula is C14H26N2O4. The molecule has 6 nitrogen and oxygen atoms in total. The minimum atomic E-state index is -0.771. The third-order valence-electron chi connectivity index (χ3n) is 3.63. The van der Waals surface area contributed by atoms with Crippen molar-refractivity contribution >= 4 is 12.0 Å². The summed E-state index contributed by atoms with van der Waals surface area (Å²) in [4.78, 5) is 22.2. The molecular weight excluding hydrogens is 260 g/mol. The minimum Gasteiger partial charge on any atom is -0.481 e. The number of nitrogens with one attached hydrogen (secondary N) is 2. The van der Waals surface area contributed by atoms with E-state index in [4.69, 9.17) is 9.84 Å². The van der Waals surface area contributed by atoms with Crippen LogP contribution in [0.4, 0.5) is 4.79 Å². The van der Waals surface area contributed by atoms with E-state index in [0.29, 0.717) is 25.5 Å². The lowest BCUT2D eigenvalue weighted by Crippen LogP contribution is -2.54. The quantitative estimate of drug-likeness (QED) is 0.665. The number of hydrogen-bond donors (Lipinski definition) is 3. The Morgan fingerprint density at radius 1 is 1.40 bits per heavy atom. The molecule has 0 saturated carbocycles. The summed E-state index contributed by atoms with van der Waals surface area (Å²) in [6.07, 6.45) is 3.50. The van der Waals surface area contributed by atoms with Gasteiger partial charge < -0.3 is 20.5 Å². The van der Waals surface area contributed by atoms with Crippen molar-refractivity contribution in [2.75, 3.05) is 19.8 Å². The Labute approximate surface area is 120 Å². The number of carbonyl (C=O) groups is 2. The van der Waals surface area contributed by atoms with Gasteiger partial charge in [0, 0.05) is 19.6 Å². The highest BCUT2D eigenvalue weighted by molar-refractivity contribution is 5.74. The fourth-order valence-electron chi connectivity index (χ4n) is 2.30. The van der Waals surface area contributed by atoms with Gasteiger partial charge in [0.25, 0.3) is 0 Å². The summed E-state index contributed by atoms with van der Waals surface area (Å²) >= 11 is 0. The van der Waals surface area contributed by atoms with Crippen LogP contribution in [0.1, 0.15) is 46.0 Å². The molecule has 0 bridgehead atoms. The number of amides is 2. The largest absolute Gasteiger partial charge is 0.481 e. The maximum Gasteiger partial charge on any atom is 0.315 e. The number of carboxylic acid groups (broad SMARTS) is 1. The summed E-state index contributed by atoms with van der Waals surface area (Å²) < 4.78 is 5.38. The van der Waals surface area contributed by atoms with E-state index in [2.05, 4.69) is 10.6 Å².